The largest absolute Gasteiger partial charge is 0.507 e. The Kier molecular flexibility index (Phi) is 6.57. The highest BCUT2D eigenvalue weighted by atomic mass is 19.2. The van der Waals surface area contributed by atoms with Crippen LogP contribution in [0.15, 0.2) is 59.7 Å². The Labute approximate surface area is 221 Å². The number of ether oxygens (including phenoxy) is 2. The molecule has 2 aliphatic rings. The van der Waals surface area contributed by atoms with E-state index in [1.54, 1.807) is 17.0 Å². The number of halogens is 3. The van der Waals surface area contributed by atoms with Gasteiger partial charge >= 0.3 is 0 Å². The van der Waals surface area contributed by atoms with Crippen LogP contribution in [0.3, 0.4) is 0 Å². The summed E-state index contributed by atoms with van der Waals surface area (Å²) in [6.07, 6.45) is 3.83. The van der Waals surface area contributed by atoms with Crippen LogP contribution in [-0.2, 0) is 9.47 Å². The van der Waals surface area contributed by atoms with Gasteiger partial charge in [-0.1, -0.05) is 35.5 Å². The molecule has 3 aromatic carbocycles. The molecule has 0 unspecified atom stereocenters. The second-order valence-corrected chi connectivity index (χ2v) is 9.82. The first-order valence-corrected chi connectivity index (χ1v) is 12.6. The molecule has 202 valence electrons. The minimum atomic E-state index is -1.55. The summed E-state index contributed by atoms with van der Waals surface area (Å²) in [7, 11) is 0. The van der Waals surface area contributed by atoms with Gasteiger partial charge in [0.25, 0.3) is 0 Å². The van der Waals surface area contributed by atoms with Crippen LogP contribution in [0.5, 0.6) is 5.75 Å². The van der Waals surface area contributed by atoms with Crippen LogP contribution >= 0.6 is 0 Å². The summed E-state index contributed by atoms with van der Waals surface area (Å²) >= 11 is 0. The number of nitrogens with zero attached hydrogens (tertiary/aromatic N) is 4. The van der Waals surface area contributed by atoms with Crippen LogP contribution in [0, 0.1) is 17.5 Å². The molecule has 0 saturated carbocycles. The van der Waals surface area contributed by atoms with E-state index in [1.807, 2.05) is 30.3 Å². The first-order chi connectivity index (χ1) is 18.9. The van der Waals surface area contributed by atoms with E-state index in [2.05, 4.69) is 10.3 Å². The second kappa shape index (κ2) is 10.1. The number of aliphatic hydroxyl groups excluding tert-OH is 1. The molecule has 6 rings (SSSR count). The van der Waals surface area contributed by atoms with Gasteiger partial charge in [-0.2, -0.15) is 0 Å². The van der Waals surface area contributed by atoms with Crippen LogP contribution in [0.2, 0.25) is 0 Å². The number of aliphatic imine (C=N–C) groups is 1. The average molecular weight is 539 g/mol. The van der Waals surface area contributed by atoms with Crippen molar-refractivity contribution in [2.75, 3.05) is 13.2 Å². The third-order valence-corrected chi connectivity index (χ3v) is 7.37. The third-order valence-electron chi connectivity index (χ3n) is 7.37. The Morgan fingerprint density at radius 3 is 2.72 bits per heavy atom. The molecule has 0 aliphatic carbocycles. The van der Waals surface area contributed by atoms with Crippen molar-refractivity contribution >= 4 is 17.0 Å². The predicted molar refractivity (Wildman–Crippen MR) is 136 cm³/mol. The monoisotopic (exact) mass is 538 g/mol. The Morgan fingerprint density at radius 1 is 1.13 bits per heavy atom. The molecule has 0 radical (unpaired) electrons. The molecule has 1 aromatic heterocycles. The molecule has 11 heteroatoms. The molecule has 0 bridgehead atoms. The highest BCUT2D eigenvalue weighted by molar-refractivity contribution is 6.02. The second-order valence-electron chi connectivity index (χ2n) is 9.82. The molecule has 3 heterocycles. The maximum Gasteiger partial charge on any atom is 0.194 e. The summed E-state index contributed by atoms with van der Waals surface area (Å²) in [4.78, 5) is 4.78. The highest BCUT2D eigenvalue weighted by Crippen LogP contribution is 2.44. The number of aromatic nitrogens is 3. The summed E-state index contributed by atoms with van der Waals surface area (Å²) in [6.45, 7) is 0.114. The van der Waals surface area contributed by atoms with Gasteiger partial charge in [-0.15, -0.1) is 5.10 Å². The maximum absolute atomic E-state index is 13.8. The normalized spacial score (nSPS) is 25.3. The molecule has 4 atom stereocenters. The fraction of sp³-hybridized carbons (Fsp3) is 0.321. The average Bonchev–Trinajstić information content (AvgIpc) is 3.58. The quantitative estimate of drug-likeness (QED) is 0.286. The lowest BCUT2D eigenvalue weighted by atomic mass is 9.91. The molecule has 39 heavy (non-hydrogen) atoms. The van der Waals surface area contributed by atoms with Gasteiger partial charge < -0.3 is 19.7 Å². The zero-order valence-electron chi connectivity index (χ0n) is 20.7. The SMILES string of the molecule is OC[C@H]1C[C@H](n2cc(-c3cc(F)c(F)c(F)c3)nn2)C[C@]2(OCC[C@H]2/N=C\c2c(O)ccc3ccccc23)O1. The van der Waals surface area contributed by atoms with Crippen molar-refractivity contribution in [3.63, 3.8) is 0 Å². The third kappa shape index (κ3) is 4.66. The van der Waals surface area contributed by atoms with Crippen molar-refractivity contribution < 1.29 is 32.9 Å². The summed E-state index contributed by atoms with van der Waals surface area (Å²) < 4.78 is 54.9. The number of rotatable bonds is 5. The molecule has 4 aromatic rings. The van der Waals surface area contributed by atoms with E-state index in [4.69, 9.17) is 14.5 Å². The van der Waals surface area contributed by atoms with Gasteiger partial charge in [0.1, 0.15) is 17.5 Å². The lowest BCUT2D eigenvalue weighted by Crippen LogP contribution is -2.51. The maximum atomic E-state index is 13.8. The molecule has 2 fully saturated rings. The van der Waals surface area contributed by atoms with Gasteiger partial charge in [-0.25, -0.2) is 17.9 Å². The van der Waals surface area contributed by atoms with E-state index >= 15 is 0 Å². The lowest BCUT2D eigenvalue weighted by Gasteiger charge is -2.43. The van der Waals surface area contributed by atoms with Gasteiger partial charge in [-0.05, 0) is 41.8 Å². The van der Waals surface area contributed by atoms with Crippen LogP contribution < -0.4 is 0 Å². The van der Waals surface area contributed by atoms with Gasteiger partial charge in [0, 0.05) is 23.8 Å². The fourth-order valence-electron chi connectivity index (χ4n) is 5.44. The van der Waals surface area contributed by atoms with E-state index in [9.17, 15) is 23.4 Å². The van der Waals surface area contributed by atoms with Gasteiger partial charge in [0.2, 0.25) is 0 Å². The summed E-state index contributed by atoms with van der Waals surface area (Å²) in [5.41, 5.74) is 0.802. The first kappa shape index (κ1) is 25.5. The van der Waals surface area contributed by atoms with Crippen molar-refractivity contribution in [1.29, 1.82) is 0 Å². The molecular formula is C28H25F3N4O4. The number of hydrogen-bond acceptors (Lipinski definition) is 7. The standard InChI is InChI=1S/C28H25F3N4O4/c29-22-9-17(10-23(30)27(22)31)24-14-35(34-33-24)18-11-19(15-36)39-28(12-18)26(7-8-38-28)32-13-21-20-4-2-1-3-16(20)5-6-25(21)37/h1-6,9-10,13-14,18-19,26,36-37H,7-8,11-12,15H2/b32-13-/t18-,19+,26+,28-/m0/s1. The first-order valence-electron chi connectivity index (χ1n) is 12.6. The Bertz CT molecular complexity index is 1540. The fourth-order valence-corrected chi connectivity index (χ4v) is 5.44. The van der Waals surface area contributed by atoms with Crippen LogP contribution in [-0.4, -0.2) is 62.6 Å². The molecule has 1 spiro atoms. The summed E-state index contributed by atoms with van der Waals surface area (Å²) in [6, 6.07) is 12.1. The van der Waals surface area contributed by atoms with Crippen molar-refractivity contribution in [1.82, 2.24) is 15.0 Å². The molecule has 2 aliphatic heterocycles. The van der Waals surface area contributed by atoms with Crippen LogP contribution in [0.1, 0.15) is 30.9 Å². The van der Waals surface area contributed by atoms with Crippen LogP contribution in [0.25, 0.3) is 22.0 Å². The topological polar surface area (TPSA) is 102 Å². The summed E-state index contributed by atoms with van der Waals surface area (Å²) in [5.74, 6) is -5.24. The van der Waals surface area contributed by atoms with E-state index in [-0.39, 0.29) is 29.7 Å². The zero-order chi connectivity index (χ0) is 27.1. The minimum Gasteiger partial charge on any atom is -0.507 e. The number of aliphatic hydroxyl groups is 1. The number of fused-ring (bicyclic) bond motifs is 1. The predicted octanol–water partition coefficient (Wildman–Crippen LogP) is 4.54. The van der Waals surface area contributed by atoms with Crippen molar-refractivity contribution in [3.8, 4) is 17.0 Å². The Balaban J connectivity index is 1.29. The molecular weight excluding hydrogens is 513 g/mol. The van der Waals surface area contributed by atoms with Crippen molar-refractivity contribution in [3.05, 3.63) is 77.7 Å². The molecule has 2 N–H and O–H groups in total. The van der Waals surface area contributed by atoms with Gasteiger partial charge in [-0.3, -0.25) is 4.99 Å². The Morgan fingerprint density at radius 2 is 1.92 bits per heavy atom. The lowest BCUT2D eigenvalue weighted by molar-refractivity contribution is -0.276. The zero-order valence-corrected chi connectivity index (χ0v) is 20.7. The van der Waals surface area contributed by atoms with E-state index in [0.29, 0.717) is 31.4 Å². The minimum absolute atomic E-state index is 0.0487. The molecule has 0 amide bonds. The number of hydrogen-bond donors (Lipinski definition) is 2. The van der Waals surface area contributed by atoms with Crippen LogP contribution in [0.4, 0.5) is 13.2 Å². The van der Waals surface area contributed by atoms with E-state index in [0.717, 1.165) is 22.9 Å². The number of aromatic hydroxyl groups is 1. The van der Waals surface area contributed by atoms with E-state index < -0.39 is 35.4 Å². The molecule has 8 nitrogen and oxygen atoms in total. The molecule has 2 saturated heterocycles. The number of phenolic OH excluding ortho intramolecular Hbond substituents is 1. The smallest absolute Gasteiger partial charge is 0.194 e. The summed E-state index contributed by atoms with van der Waals surface area (Å²) in [5, 5.41) is 30.5. The van der Waals surface area contributed by atoms with Crippen molar-refractivity contribution in [2.24, 2.45) is 4.99 Å². The van der Waals surface area contributed by atoms with Gasteiger partial charge in [0.05, 0.1) is 31.6 Å². The van der Waals surface area contributed by atoms with Gasteiger partial charge in [0.15, 0.2) is 23.2 Å². The van der Waals surface area contributed by atoms with Crippen molar-refractivity contribution in [2.45, 2.75) is 43.2 Å². The highest BCUT2D eigenvalue weighted by Gasteiger charge is 2.52. The number of benzene rings is 3. The Hall–Kier alpha value is -3.80. The number of phenols is 1. The van der Waals surface area contributed by atoms with E-state index in [1.165, 1.54) is 6.20 Å².